The van der Waals surface area contributed by atoms with Gasteiger partial charge in [0, 0.05) is 25.6 Å². The topological polar surface area (TPSA) is 70.7 Å². The van der Waals surface area contributed by atoms with Crippen LogP contribution in [0.3, 0.4) is 0 Å². The highest BCUT2D eigenvalue weighted by molar-refractivity contribution is 5.87. The van der Waals surface area contributed by atoms with E-state index < -0.39 is 5.60 Å². The smallest absolute Gasteiger partial charge is 0.252 e. The summed E-state index contributed by atoms with van der Waals surface area (Å²) in [5.74, 6) is 0.0182. The van der Waals surface area contributed by atoms with Gasteiger partial charge in [-0.15, -0.1) is 0 Å². The molecule has 21 heavy (non-hydrogen) atoms. The third kappa shape index (κ3) is 3.37. The highest BCUT2D eigenvalue weighted by Crippen LogP contribution is 2.25. The maximum Gasteiger partial charge on any atom is 0.252 e. The molecule has 2 rings (SSSR count). The van der Waals surface area contributed by atoms with Crippen molar-refractivity contribution in [3.05, 3.63) is 0 Å². The van der Waals surface area contributed by atoms with Crippen molar-refractivity contribution in [3.8, 4) is 0 Å². The molecule has 0 radical (unpaired) electrons. The van der Waals surface area contributed by atoms with E-state index >= 15 is 0 Å². The van der Waals surface area contributed by atoms with Crippen molar-refractivity contribution in [2.24, 2.45) is 0 Å². The first-order chi connectivity index (χ1) is 9.78. The first kappa shape index (κ1) is 16.2. The van der Waals surface area contributed by atoms with Gasteiger partial charge in [-0.25, -0.2) is 0 Å². The molecule has 1 atom stereocenters. The quantitative estimate of drug-likeness (QED) is 0.784. The van der Waals surface area contributed by atoms with Gasteiger partial charge in [0.25, 0.3) is 5.91 Å². The fourth-order valence-electron chi connectivity index (χ4n) is 3.12. The van der Waals surface area contributed by atoms with Crippen molar-refractivity contribution in [1.82, 2.24) is 15.5 Å². The maximum absolute atomic E-state index is 12.6. The number of nitrogens with one attached hydrogen (secondary N) is 2. The zero-order chi connectivity index (χ0) is 15.7. The van der Waals surface area contributed by atoms with E-state index in [0.29, 0.717) is 25.8 Å². The van der Waals surface area contributed by atoms with Crippen molar-refractivity contribution in [2.75, 3.05) is 26.7 Å². The Labute approximate surface area is 126 Å². The minimum atomic E-state index is -0.747. The molecule has 0 aromatic carbocycles. The molecular formula is C15H27N3O3. The van der Waals surface area contributed by atoms with E-state index in [1.165, 1.54) is 0 Å². The summed E-state index contributed by atoms with van der Waals surface area (Å²) >= 11 is 0. The highest BCUT2D eigenvalue weighted by Gasteiger charge is 2.43. The minimum absolute atomic E-state index is 0.0833. The Morgan fingerprint density at radius 3 is 2.48 bits per heavy atom. The third-order valence-corrected chi connectivity index (χ3v) is 4.49. The van der Waals surface area contributed by atoms with Gasteiger partial charge in [0.2, 0.25) is 5.91 Å². The average Bonchev–Trinajstić information content (AvgIpc) is 2.80. The van der Waals surface area contributed by atoms with Gasteiger partial charge in [0.05, 0.1) is 6.04 Å². The van der Waals surface area contributed by atoms with Crippen LogP contribution >= 0.6 is 0 Å². The van der Waals surface area contributed by atoms with Gasteiger partial charge >= 0.3 is 0 Å². The number of nitrogens with zero attached hydrogens (tertiary/aromatic N) is 1. The lowest BCUT2D eigenvalue weighted by atomic mass is 9.90. The lowest BCUT2D eigenvalue weighted by Gasteiger charge is -2.36. The average molecular weight is 297 g/mol. The number of methoxy groups -OCH3 is 1. The van der Waals surface area contributed by atoms with Crippen molar-refractivity contribution in [2.45, 2.75) is 57.2 Å². The molecule has 0 aliphatic carbocycles. The van der Waals surface area contributed by atoms with Crippen LogP contribution in [0.15, 0.2) is 0 Å². The number of hydrogen-bond acceptors (Lipinski definition) is 4. The minimum Gasteiger partial charge on any atom is -0.368 e. The van der Waals surface area contributed by atoms with Gasteiger partial charge in [-0.2, -0.15) is 0 Å². The molecule has 2 fully saturated rings. The number of amides is 2. The van der Waals surface area contributed by atoms with Crippen molar-refractivity contribution in [1.29, 1.82) is 0 Å². The second-order valence-electron chi connectivity index (χ2n) is 7.00. The molecule has 6 heteroatoms. The Hall–Kier alpha value is -1.14. The highest BCUT2D eigenvalue weighted by atomic mass is 16.5. The Kier molecular flexibility index (Phi) is 4.58. The second kappa shape index (κ2) is 5.93. The molecule has 1 unspecified atom stereocenters. The predicted molar refractivity (Wildman–Crippen MR) is 79.9 cm³/mol. The summed E-state index contributed by atoms with van der Waals surface area (Å²) in [5, 5.41) is 6.25. The number of hydrogen-bond donors (Lipinski definition) is 2. The van der Waals surface area contributed by atoms with Crippen molar-refractivity contribution in [3.63, 3.8) is 0 Å². The summed E-state index contributed by atoms with van der Waals surface area (Å²) in [5.41, 5.74) is -0.951. The molecule has 0 aromatic heterocycles. The van der Waals surface area contributed by atoms with Crippen LogP contribution in [0.1, 0.15) is 40.0 Å². The molecule has 2 N–H and O–H groups in total. The summed E-state index contributed by atoms with van der Waals surface area (Å²) in [7, 11) is 1.59. The maximum atomic E-state index is 12.6. The fourth-order valence-corrected chi connectivity index (χ4v) is 3.12. The molecule has 0 aromatic rings. The third-order valence-electron chi connectivity index (χ3n) is 4.49. The van der Waals surface area contributed by atoms with Crippen LogP contribution < -0.4 is 10.6 Å². The van der Waals surface area contributed by atoms with Crippen LogP contribution in [0.4, 0.5) is 0 Å². The van der Waals surface area contributed by atoms with Crippen LogP contribution in [0.2, 0.25) is 0 Å². The molecule has 2 aliphatic rings. The first-order valence-electron chi connectivity index (χ1n) is 7.66. The van der Waals surface area contributed by atoms with Gasteiger partial charge in [-0.1, -0.05) is 0 Å². The molecule has 0 saturated carbocycles. The SMILES string of the molecule is COC1(C(=O)NC2CC(=O)N(C(C)(C)C)C2)CCNCC1. The Morgan fingerprint density at radius 2 is 2.00 bits per heavy atom. The van der Waals surface area contributed by atoms with Gasteiger partial charge in [-0.3, -0.25) is 9.59 Å². The fraction of sp³-hybridized carbons (Fsp3) is 0.867. The normalized spacial score (nSPS) is 26.0. The van der Waals surface area contributed by atoms with E-state index in [2.05, 4.69) is 10.6 Å². The molecule has 0 spiro atoms. The first-order valence-corrected chi connectivity index (χ1v) is 7.66. The molecule has 0 bridgehead atoms. The van der Waals surface area contributed by atoms with Gasteiger partial charge < -0.3 is 20.3 Å². The van der Waals surface area contributed by atoms with Gasteiger partial charge in [0.15, 0.2) is 0 Å². The van der Waals surface area contributed by atoms with E-state index in [-0.39, 0.29) is 23.4 Å². The molecule has 120 valence electrons. The Morgan fingerprint density at radius 1 is 1.38 bits per heavy atom. The lowest BCUT2D eigenvalue weighted by molar-refractivity contribution is -0.147. The van der Waals surface area contributed by atoms with Crippen LogP contribution in [0.25, 0.3) is 0 Å². The zero-order valence-electron chi connectivity index (χ0n) is 13.5. The second-order valence-corrected chi connectivity index (χ2v) is 7.00. The standard InChI is InChI=1S/C15H27N3O3/c1-14(2,3)18-10-11(9-12(18)19)17-13(20)15(21-4)5-7-16-8-6-15/h11,16H,5-10H2,1-4H3,(H,17,20). The number of rotatable bonds is 3. The van der Waals surface area contributed by atoms with Crippen LogP contribution in [-0.4, -0.2) is 60.6 Å². The van der Waals surface area contributed by atoms with Gasteiger partial charge in [0.1, 0.15) is 5.60 Å². The van der Waals surface area contributed by atoms with Crippen molar-refractivity contribution >= 4 is 11.8 Å². The monoisotopic (exact) mass is 297 g/mol. The predicted octanol–water partition coefficient (Wildman–Crippen LogP) is 0.271. The molecular weight excluding hydrogens is 270 g/mol. The number of carbonyl (C=O) groups is 2. The molecule has 2 aliphatic heterocycles. The Bertz CT molecular complexity index is 411. The zero-order valence-corrected chi connectivity index (χ0v) is 13.5. The summed E-state index contributed by atoms with van der Waals surface area (Å²) in [4.78, 5) is 26.5. The number of ether oxygens (including phenoxy) is 1. The number of piperidine rings is 1. The van der Waals surface area contributed by atoms with E-state index in [1.807, 2.05) is 25.7 Å². The van der Waals surface area contributed by atoms with Crippen LogP contribution in [0.5, 0.6) is 0 Å². The molecule has 6 nitrogen and oxygen atoms in total. The largest absolute Gasteiger partial charge is 0.368 e. The summed E-state index contributed by atoms with van der Waals surface area (Å²) in [6, 6.07) is -0.119. The van der Waals surface area contributed by atoms with Crippen molar-refractivity contribution < 1.29 is 14.3 Å². The number of carbonyl (C=O) groups excluding carboxylic acids is 2. The summed E-state index contributed by atoms with van der Waals surface area (Å²) in [6.07, 6.45) is 1.71. The van der Waals surface area contributed by atoms with E-state index in [9.17, 15) is 9.59 Å². The Balaban J connectivity index is 1.99. The molecule has 2 heterocycles. The van der Waals surface area contributed by atoms with Crippen LogP contribution in [0, 0.1) is 0 Å². The summed E-state index contributed by atoms with van der Waals surface area (Å²) in [6.45, 7) is 8.17. The van der Waals surface area contributed by atoms with E-state index in [0.717, 1.165) is 13.1 Å². The molecule has 2 amide bonds. The van der Waals surface area contributed by atoms with E-state index in [1.54, 1.807) is 7.11 Å². The van der Waals surface area contributed by atoms with E-state index in [4.69, 9.17) is 4.74 Å². The summed E-state index contributed by atoms with van der Waals surface area (Å²) < 4.78 is 5.52. The lowest BCUT2D eigenvalue weighted by Crippen LogP contribution is -2.56. The molecule has 2 saturated heterocycles. The number of likely N-dealkylation sites (tertiary alicyclic amines) is 1. The van der Waals surface area contributed by atoms with Gasteiger partial charge in [-0.05, 0) is 46.7 Å². The van der Waals surface area contributed by atoms with Crippen LogP contribution in [-0.2, 0) is 14.3 Å².